The van der Waals surface area contributed by atoms with Gasteiger partial charge in [-0.05, 0) is 55.4 Å². The van der Waals surface area contributed by atoms with E-state index in [-0.39, 0.29) is 6.42 Å². The van der Waals surface area contributed by atoms with Crippen LogP contribution < -0.4 is 0 Å². The first-order chi connectivity index (χ1) is 8.50. The molecule has 0 unspecified atom stereocenters. The van der Waals surface area contributed by atoms with Gasteiger partial charge in [0.05, 0.1) is 16.8 Å². The quantitative estimate of drug-likeness (QED) is 0.732. The van der Waals surface area contributed by atoms with Gasteiger partial charge in [0.15, 0.2) is 5.79 Å². The van der Waals surface area contributed by atoms with Crippen LogP contribution in [0.2, 0.25) is 0 Å². The van der Waals surface area contributed by atoms with E-state index in [1.807, 2.05) is 0 Å². The van der Waals surface area contributed by atoms with Crippen LogP contribution in [0.15, 0.2) is 0 Å². The van der Waals surface area contributed by atoms with Crippen LogP contribution in [-0.4, -0.2) is 49.6 Å². The molecule has 0 aliphatic carbocycles. The highest BCUT2D eigenvalue weighted by Gasteiger charge is 2.65. The van der Waals surface area contributed by atoms with Gasteiger partial charge in [-0.25, -0.2) is 0 Å². The molecule has 5 nitrogen and oxygen atoms in total. The van der Waals surface area contributed by atoms with Crippen LogP contribution in [0.25, 0.3) is 0 Å². The molecule has 120 valence electrons. The van der Waals surface area contributed by atoms with E-state index in [1.165, 1.54) is 0 Å². The fourth-order valence-electron chi connectivity index (χ4n) is 3.04. The molecule has 3 N–H and O–H groups in total. The van der Waals surface area contributed by atoms with E-state index < -0.39 is 34.3 Å². The van der Waals surface area contributed by atoms with Gasteiger partial charge >= 0.3 is 0 Å². The standard InChI is InChI=1S/C15H30O5/c1-11(2,16)9-15(13(5,6)18)10(12(3,4)17)19-14(7,8)20-15/h10,16-18H,9H2,1-8H3/t10-,15-/m0/s1. The lowest BCUT2D eigenvalue weighted by Gasteiger charge is -2.48. The van der Waals surface area contributed by atoms with Gasteiger partial charge < -0.3 is 24.8 Å². The molecule has 1 saturated heterocycles. The Morgan fingerprint density at radius 2 is 1.40 bits per heavy atom. The molecular formula is C15H30O5. The van der Waals surface area contributed by atoms with Crippen LogP contribution in [-0.2, 0) is 9.47 Å². The van der Waals surface area contributed by atoms with Crippen molar-refractivity contribution in [3.8, 4) is 0 Å². The molecule has 1 aliphatic heterocycles. The second-order valence-corrected chi connectivity index (χ2v) is 8.09. The van der Waals surface area contributed by atoms with Crippen molar-refractivity contribution in [1.82, 2.24) is 0 Å². The minimum absolute atomic E-state index is 0.140. The zero-order chi connectivity index (χ0) is 16.2. The Hall–Kier alpha value is -0.200. The van der Waals surface area contributed by atoms with Crippen molar-refractivity contribution in [3.63, 3.8) is 0 Å². The predicted octanol–water partition coefficient (Wildman–Crippen LogP) is 1.58. The first-order valence-electron chi connectivity index (χ1n) is 7.05. The van der Waals surface area contributed by atoms with Crippen molar-refractivity contribution < 1.29 is 24.8 Å². The summed E-state index contributed by atoms with van der Waals surface area (Å²) in [7, 11) is 0. The smallest absolute Gasteiger partial charge is 0.164 e. The molecular weight excluding hydrogens is 260 g/mol. The molecule has 1 aliphatic rings. The Morgan fingerprint density at radius 3 is 1.70 bits per heavy atom. The summed E-state index contributed by atoms with van der Waals surface area (Å²) in [6.45, 7) is 13.2. The Morgan fingerprint density at radius 1 is 0.950 bits per heavy atom. The van der Waals surface area contributed by atoms with Crippen molar-refractivity contribution in [2.75, 3.05) is 0 Å². The monoisotopic (exact) mass is 290 g/mol. The van der Waals surface area contributed by atoms with Crippen LogP contribution in [0.3, 0.4) is 0 Å². The molecule has 20 heavy (non-hydrogen) atoms. The lowest BCUT2D eigenvalue weighted by Crippen LogP contribution is -2.64. The maximum Gasteiger partial charge on any atom is 0.164 e. The van der Waals surface area contributed by atoms with Gasteiger partial charge in [0, 0.05) is 6.42 Å². The van der Waals surface area contributed by atoms with Gasteiger partial charge in [-0.15, -0.1) is 0 Å². The topological polar surface area (TPSA) is 79.2 Å². The molecule has 0 saturated carbocycles. The van der Waals surface area contributed by atoms with E-state index in [1.54, 1.807) is 55.4 Å². The number of ether oxygens (including phenoxy) is 2. The van der Waals surface area contributed by atoms with Gasteiger partial charge in [0.1, 0.15) is 11.7 Å². The molecule has 0 spiro atoms. The molecule has 1 rings (SSSR count). The summed E-state index contributed by atoms with van der Waals surface area (Å²) >= 11 is 0. The summed E-state index contributed by atoms with van der Waals surface area (Å²) < 4.78 is 11.9. The van der Waals surface area contributed by atoms with Gasteiger partial charge in [0.25, 0.3) is 0 Å². The second kappa shape index (κ2) is 4.65. The maximum absolute atomic E-state index is 10.7. The summed E-state index contributed by atoms with van der Waals surface area (Å²) in [6.07, 6.45) is -0.627. The van der Waals surface area contributed by atoms with Crippen molar-refractivity contribution >= 4 is 0 Å². The fourth-order valence-corrected chi connectivity index (χ4v) is 3.04. The SMILES string of the molecule is CC(C)(O)C[C@]1(C(C)(C)O)OC(C)(C)O[C@H]1C(C)(C)O. The molecule has 0 bridgehead atoms. The molecule has 2 atom stereocenters. The molecule has 0 radical (unpaired) electrons. The van der Waals surface area contributed by atoms with Crippen molar-refractivity contribution in [3.05, 3.63) is 0 Å². The number of hydrogen-bond donors (Lipinski definition) is 3. The summed E-state index contributed by atoms with van der Waals surface area (Å²) in [5, 5.41) is 31.3. The Labute approximate surface area is 121 Å². The second-order valence-electron chi connectivity index (χ2n) is 8.09. The molecule has 1 fully saturated rings. The normalized spacial score (nSPS) is 31.6. The highest BCUT2D eigenvalue weighted by molar-refractivity contribution is 5.12. The van der Waals surface area contributed by atoms with E-state index >= 15 is 0 Å². The van der Waals surface area contributed by atoms with Gasteiger partial charge in [-0.1, -0.05) is 0 Å². The highest BCUT2D eigenvalue weighted by atomic mass is 16.8. The van der Waals surface area contributed by atoms with Gasteiger partial charge in [-0.2, -0.15) is 0 Å². The van der Waals surface area contributed by atoms with Gasteiger partial charge in [-0.3, -0.25) is 0 Å². The zero-order valence-electron chi connectivity index (χ0n) is 13.9. The predicted molar refractivity (Wildman–Crippen MR) is 76.3 cm³/mol. The van der Waals surface area contributed by atoms with E-state index in [0.717, 1.165) is 0 Å². The molecule has 1 heterocycles. The lowest BCUT2D eigenvalue weighted by molar-refractivity contribution is -0.223. The average Bonchev–Trinajstić information content (AvgIpc) is 2.32. The third-order valence-electron chi connectivity index (χ3n) is 3.63. The number of rotatable bonds is 4. The average molecular weight is 290 g/mol. The van der Waals surface area contributed by atoms with E-state index in [0.29, 0.717) is 0 Å². The zero-order valence-corrected chi connectivity index (χ0v) is 13.9. The van der Waals surface area contributed by atoms with Crippen molar-refractivity contribution in [2.45, 2.75) is 96.1 Å². The van der Waals surface area contributed by atoms with Crippen LogP contribution in [0, 0.1) is 0 Å². The minimum Gasteiger partial charge on any atom is -0.390 e. The lowest BCUT2D eigenvalue weighted by atomic mass is 9.70. The van der Waals surface area contributed by atoms with Crippen molar-refractivity contribution in [2.24, 2.45) is 0 Å². The van der Waals surface area contributed by atoms with Crippen LogP contribution in [0.4, 0.5) is 0 Å². The minimum atomic E-state index is -1.30. The van der Waals surface area contributed by atoms with Gasteiger partial charge in [0.2, 0.25) is 0 Å². The molecule has 0 aromatic heterocycles. The van der Waals surface area contributed by atoms with E-state index in [9.17, 15) is 15.3 Å². The first kappa shape index (κ1) is 17.9. The number of aliphatic hydroxyl groups is 3. The molecule has 5 heteroatoms. The largest absolute Gasteiger partial charge is 0.390 e. The van der Waals surface area contributed by atoms with Crippen LogP contribution in [0.1, 0.15) is 61.8 Å². The summed E-state index contributed by atoms with van der Waals surface area (Å²) in [5.41, 5.74) is -4.81. The maximum atomic E-state index is 10.7. The first-order valence-corrected chi connectivity index (χ1v) is 7.05. The Kier molecular flexibility index (Phi) is 4.15. The molecule has 0 aromatic rings. The summed E-state index contributed by atoms with van der Waals surface area (Å²) in [5.74, 6) is -0.948. The van der Waals surface area contributed by atoms with Crippen LogP contribution in [0.5, 0.6) is 0 Å². The van der Waals surface area contributed by atoms with E-state index in [4.69, 9.17) is 9.47 Å². The summed E-state index contributed by atoms with van der Waals surface area (Å²) in [4.78, 5) is 0. The number of hydrogen-bond acceptors (Lipinski definition) is 5. The third kappa shape index (κ3) is 3.52. The Balaban J connectivity index is 3.40. The summed E-state index contributed by atoms with van der Waals surface area (Å²) in [6, 6.07) is 0. The molecule has 0 aromatic carbocycles. The van der Waals surface area contributed by atoms with Crippen molar-refractivity contribution in [1.29, 1.82) is 0 Å². The van der Waals surface area contributed by atoms with Crippen LogP contribution >= 0.6 is 0 Å². The highest BCUT2D eigenvalue weighted by Crippen LogP contribution is 2.50. The Bertz CT molecular complexity index is 356. The van der Waals surface area contributed by atoms with E-state index in [2.05, 4.69) is 0 Å². The third-order valence-corrected chi connectivity index (χ3v) is 3.63. The molecule has 0 amide bonds. The fraction of sp³-hybridized carbons (Fsp3) is 1.00.